The van der Waals surface area contributed by atoms with E-state index in [-0.39, 0.29) is 25.0 Å². The van der Waals surface area contributed by atoms with E-state index in [1.165, 1.54) is 37.1 Å². The van der Waals surface area contributed by atoms with E-state index in [0.717, 1.165) is 8.39 Å². The molecule has 1 aliphatic heterocycles. The van der Waals surface area contributed by atoms with E-state index in [2.05, 4.69) is 35.8 Å². The van der Waals surface area contributed by atoms with Gasteiger partial charge in [-0.05, 0) is 44.7 Å². The third-order valence-electron chi connectivity index (χ3n) is 7.51. The second kappa shape index (κ2) is 11.2. The fraction of sp³-hybridized carbons (Fsp3) is 0.423. The number of nitrogens with one attached hydrogen (secondary N) is 2. The van der Waals surface area contributed by atoms with Gasteiger partial charge in [0.05, 0.1) is 29.3 Å². The Labute approximate surface area is 245 Å². The quantitative estimate of drug-likeness (QED) is 0.253. The van der Waals surface area contributed by atoms with E-state index >= 15 is 0 Å². The van der Waals surface area contributed by atoms with Crippen LogP contribution in [0, 0.1) is 0 Å². The molecule has 6 rings (SSSR count). The highest BCUT2D eigenvalue weighted by Gasteiger charge is 2.37. The summed E-state index contributed by atoms with van der Waals surface area (Å²) in [6.07, 6.45) is 8.25. The van der Waals surface area contributed by atoms with Crippen LogP contribution in [0.5, 0.6) is 0 Å². The van der Waals surface area contributed by atoms with Crippen molar-refractivity contribution in [1.82, 2.24) is 38.2 Å². The largest absolute Gasteiger partial charge is 0.390 e. The minimum absolute atomic E-state index is 0.0388. The van der Waals surface area contributed by atoms with Gasteiger partial charge in [-0.15, -0.1) is 0 Å². The summed E-state index contributed by atoms with van der Waals surface area (Å²) in [4.78, 5) is 13.1. The number of aliphatic hydroxyl groups is 1. The van der Waals surface area contributed by atoms with Gasteiger partial charge in [-0.3, -0.25) is 0 Å². The molecule has 2 aliphatic rings. The Morgan fingerprint density at radius 3 is 2.58 bits per heavy atom. The third kappa shape index (κ3) is 6.18. The van der Waals surface area contributed by atoms with Crippen molar-refractivity contribution in [3.63, 3.8) is 0 Å². The van der Waals surface area contributed by atoms with Gasteiger partial charge in [0.2, 0.25) is 0 Å². The molecule has 0 spiro atoms. The van der Waals surface area contributed by atoms with E-state index in [9.17, 15) is 26.7 Å². The molecule has 5 heterocycles. The topological polar surface area (TPSA) is 156 Å². The van der Waals surface area contributed by atoms with Crippen molar-refractivity contribution in [2.24, 2.45) is 0 Å². The molecule has 2 fully saturated rings. The van der Waals surface area contributed by atoms with Crippen LogP contribution in [0.4, 0.5) is 30.5 Å². The van der Waals surface area contributed by atoms with Gasteiger partial charge in [-0.25, -0.2) is 24.0 Å². The summed E-state index contributed by atoms with van der Waals surface area (Å²) in [6.45, 7) is -1.40. The number of alkyl halides is 3. The molecule has 1 saturated carbocycles. The Hall–Kier alpha value is -4.09. The van der Waals surface area contributed by atoms with Crippen molar-refractivity contribution in [2.45, 2.75) is 57.0 Å². The fourth-order valence-electron chi connectivity index (χ4n) is 4.98. The molecule has 1 saturated heterocycles. The smallest absolute Gasteiger partial charge is 0.333 e. The van der Waals surface area contributed by atoms with Crippen LogP contribution in [0.3, 0.4) is 0 Å². The Kier molecular flexibility index (Phi) is 7.55. The van der Waals surface area contributed by atoms with E-state index in [4.69, 9.17) is 0 Å². The molecule has 0 aromatic carbocycles. The van der Waals surface area contributed by atoms with Gasteiger partial charge in [0, 0.05) is 55.0 Å². The summed E-state index contributed by atoms with van der Waals surface area (Å²) < 4.78 is 67.2. The van der Waals surface area contributed by atoms with Gasteiger partial charge in [0.1, 0.15) is 17.8 Å². The summed E-state index contributed by atoms with van der Waals surface area (Å²) in [7, 11) is -3.99. The van der Waals surface area contributed by atoms with E-state index in [0.29, 0.717) is 64.5 Å². The number of aromatic nitrogens is 7. The number of hydrogen-bond donors (Lipinski definition) is 3. The Morgan fingerprint density at radius 1 is 1.12 bits per heavy atom. The summed E-state index contributed by atoms with van der Waals surface area (Å²) in [5.74, 6) is 0.939. The van der Waals surface area contributed by atoms with Gasteiger partial charge < -0.3 is 15.7 Å². The lowest BCUT2D eigenvalue weighted by Crippen LogP contribution is -2.53. The van der Waals surface area contributed by atoms with Gasteiger partial charge >= 0.3 is 16.8 Å². The molecule has 0 radical (unpaired) electrons. The van der Waals surface area contributed by atoms with Crippen LogP contribution in [0.1, 0.15) is 39.2 Å². The minimum Gasteiger partial charge on any atom is -0.390 e. The average molecular weight is 619 g/mol. The number of rotatable bonds is 9. The van der Waals surface area contributed by atoms with E-state index in [1.54, 1.807) is 12.1 Å². The van der Waals surface area contributed by atoms with Crippen molar-refractivity contribution in [3.8, 4) is 22.6 Å². The number of anilines is 3. The van der Waals surface area contributed by atoms with Crippen molar-refractivity contribution in [3.05, 3.63) is 49.2 Å². The molecule has 3 N–H and O–H groups in total. The molecule has 43 heavy (non-hydrogen) atoms. The first-order valence-corrected chi connectivity index (χ1v) is 15.0. The zero-order chi connectivity index (χ0) is 30.4. The first kappa shape index (κ1) is 29.0. The van der Waals surface area contributed by atoms with Gasteiger partial charge in [0.25, 0.3) is 0 Å². The second-order valence-electron chi connectivity index (χ2n) is 10.9. The maximum atomic E-state index is 13.2. The third-order valence-corrected chi connectivity index (χ3v) is 9.13. The van der Waals surface area contributed by atoms with Crippen LogP contribution in [-0.2, 0) is 10.2 Å². The predicted octanol–water partition coefficient (Wildman–Crippen LogP) is 3.59. The van der Waals surface area contributed by atoms with E-state index in [1.807, 2.05) is 6.92 Å². The zero-order valence-corrected chi connectivity index (χ0v) is 23.8. The number of hydrogen-bond acceptors (Lipinski definition) is 10. The van der Waals surface area contributed by atoms with E-state index < -0.39 is 28.5 Å². The highest BCUT2D eigenvalue weighted by molar-refractivity contribution is 7.87. The highest BCUT2D eigenvalue weighted by atomic mass is 32.2. The average Bonchev–Trinajstić information content (AvgIpc) is 3.64. The number of halogens is 3. The van der Waals surface area contributed by atoms with Crippen LogP contribution < -0.4 is 10.6 Å². The lowest BCUT2D eigenvalue weighted by Gasteiger charge is -2.34. The van der Waals surface area contributed by atoms with Crippen molar-refractivity contribution in [1.29, 1.82) is 0 Å². The Morgan fingerprint density at radius 2 is 1.88 bits per heavy atom. The van der Waals surface area contributed by atoms with Crippen LogP contribution >= 0.6 is 0 Å². The lowest BCUT2D eigenvalue weighted by atomic mass is 9.83. The predicted molar refractivity (Wildman–Crippen MR) is 151 cm³/mol. The molecular formula is C26H29F3N10O3S. The molecule has 4 aromatic rings. The second-order valence-corrected chi connectivity index (χ2v) is 12.7. The normalized spacial score (nSPS) is 21.6. The molecule has 0 atom stereocenters. The maximum Gasteiger partial charge on any atom is 0.333 e. The first-order valence-electron chi connectivity index (χ1n) is 13.6. The Balaban J connectivity index is 1.24. The molecule has 13 nitrogen and oxygen atoms in total. The minimum atomic E-state index is -3.99. The lowest BCUT2D eigenvalue weighted by molar-refractivity contribution is 0.0196. The first-order chi connectivity index (χ1) is 20.5. The summed E-state index contributed by atoms with van der Waals surface area (Å²) in [5.41, 5.74) is 1.07. The summed E-state index contributed by atoms with van der Waals surface area (Å²) in [5, 5.41) is 24.8. The number of nitrogens with zero attached hydrogens (tertiary/aromatic N) is 8. The molecule has 0 bridgehead atoms. The fourth-order valence-corrected chi connectivity index (χ4v) is 6.33. The van der Waals surface area contributed by atoms with Crippen molar-refractivity contribution < 1.29 is 26.7 Å². The number of pyridine rings is 1. The highest BCUT2D eigenvalue weighted by Crippen LogP contribution is 2.34. The zero-order valence-electron chi connectivity index (χ0n) is 23.0. The van der Waals surface area contributed by atoms with Gasteiger partial charge in [0.15, 0.2) is 5.82 Å². The van der Waals surface area contributed by atoms with Crippen LogP contribution in [-0.4, -0.2) is 82.7 Å². The monoisotopic (exact) mass is 618 g/mol. The van der Waals surface area contributed by atoms with Crippen LogP contribution in [0.2, 0.25) is 0 Å². The maximum absolute atomic E-state index is 13.2. The van der Waals surface area contributed by atoms with Gasteiger partial charge in [-0.1, -0.05) is 0 Å². The van der Waals surface area contributed by atoms with Crippen LogP contribution in [0.15, 0.2) is 49.2 Å². The molecule has 4 aromatic heterocycles. The van der Waals surface area contributed by atoms with Crippen LogP contribution in [0.25, 0.3) is 22.6 Å². The molecule has 17 heteroatoms. The molecule has 0 unspecified atom stereocenters. The van der Waals surface area contributed by atoms with Crippen molar-refractivity contribution >= 4 is 27.5 Å². The summed E-state index contributed by atoms with van der Waals surface area (Å²) >= 11 is 0. The molecular weight excluding hydrogens is 589 g/mol. The SMILES string of the molecule is CC1(O)CCC(Nc2cc(Nc3ccnc(-c4cnn(S(=O)(=O)N5CC(F)C5)c4)n3)ncc2-c2ccn(C(F)F)n2)CC1. The van der Waals surface area contributed by atoms with Crippen molar-refractivity contribution in [2.75, 3.05) is 23.7 Å². The Bertz CT molecular complexity index is 1710. The molecule has 1 aliphatic carbocycles. The molecule has 228 valence electrons. The summed E-state index contributed by atoms with van der Waals surface area (Å²) in [6, 6.07) is 4.85. The molecule has 0 amide bonds. The van der Waals surface area contributed by atoms with Gasteiger partial charge in [-0.2, -0.15) is 35.8 Å². The standard InChI is InChI=1S/C26H29F3N10O3S/c1-26(40)6-2-18(3-7-26)33-21-10-23(31-12-19(21)20-5-9-38(36-20)25(28)29)34-22-4-8-30-24(35-22)16-11-32-39(13-16)43(41,42)37-14-17(27)15-37/h4-5,8-13,17-18,25,40H,2-3,6-7,14-15H2,1H3,(H2,30,31,33,34,35).